The van der Waals surface area contributed by atoms with E-state index in [1.165, 1.54) is 42.2 Å². The predicted molar refractivity (Wildman–Crippen MR) is 98.1 cm³/mol. The fourth-order valence-electron chi connectivity index (χ4n) is 2.05. The van der Waals surface area contributed by atoms with E-state index in [-0.39, 0.29) is 5.69 Å². The lowest BCUT2D eigenvalue weighted by molar-refractivity contribution is -0.116. The van der Waals surface area contributed by atoms with Gasteiger partial charge in [0.25, 0.3) is 0 Å². The van der Waals surface area contributed by atoms with Gasteiger partial charge in [-0.3, -0.25) is 14.4 Å². The summed E-state index contributed by atoms with van der Waals surface area (Å²) >= 11 is 2.70. The minimum atomic E-state index is -3.76. The average molecular weight is 405 g/mol. The summed E-state index contributed by atoms with van der Waals surface area (Å²) in [5.41, 5.74) is 0.200. The summed E-state index contributed by atoms with van der Waals surface area (Å²) in [6.45, 7) is 3.42. The Morgan fingerprint density at radius 2 is 2.00 bits per heavy atom. The summed E-state index contributed by atoms with van der Waals surface area (Å²) in [6.07, 6.45) is 0.987. The second-order valence-electron chi connectivity index (χ2n) is 5.01. The zero-order valence-corrected chi connectivity index (χ0v) is 16.2. The van der Waals surface area contributed by atoms with Crippen LogP contribution < -0.4 is 9.62 Å². The third-order valence-electron chi connectivity index (χ3n) is 3.07. The van der Waals surface area contributed by atoms with Crippen LogP contribution in [0.1, 0.15) is 13.8 Å². The van der Waals surface area contributed by atoms with E-state index in [2.05, 4.69) is 15.5 Å². The molecule has 1 N–H and O–H groups in total. The molecule has 11 heteroatoms. The minimum Gasteiger partial charge on any atom is -0.299 e. The maximum absolute atomic E-state index is 13.1. The standard InChI is InChI=1S/C14H17FN4O3S3/c1-4-23-14-18-17-13(24-14)16-12(20)9(2)19(25(3,21)22)11-7-5-10(15)6-8-11/h5-9H,4H2,1-3H3,(H,16,17,20). The summed E-state index contributed by atoms with van der Waals surface area (Å²) in [7, 11) is -3.76. The largest absolute Gasteiger partial charge is 0.299 e. The molecule has 0 aliphatic heterocycles. The Morgan fingerprint density at radius 3 is 2.56 bits per heavy atom. The van der Waals surface area contributed by atoms with Gasteiger partial charge in [-0.05, 0) is 36.9 Å². The van der Waals surface area contributed by atoms with Crippen LogP contribution in [0.4, 0.5) is 15.2 Å². The highest BCUT2D eigenvalue weighted by Crippen LogP contribution is 2.26. The van der Waals surface area contributed by atoms with Crippen molar-refractivity contribution in [3.05, 3.63) is 30.1 Å². The Hall–Kier alpha value is -1.72. The van der Waals surface area contributed by atoms with Gasteiger partial charge in [0.15, 0.2) is 4.34 Å². The van der Waals surface area contributed by atoms with Gasteiger partial charge >= 0.3 is 0 Å². The molecule has 7 nitrogen and oxygen atoms in total. The Morgan fingerprint density at radius 1 is 1.36 bits per heavy atom. The number of carbonyl (C=O) groups is 1. The maximum atomic E-state index is 13.1. The van der Waals surface area contributed by atoms with E-state index in [9.17, 15) is 17.6 Å². The second-order valence-corrected chi connectivity index (χ2v) is 9.35. The third kappa shape index (κ3) is 5.13. The summed E-state index contributed by atoms with van der Waals surface area (Å²) in [5.74, 6) is -0.228. The maximum Gasteiger partial charge on any atom is 0.249 e. The van der Waals surface area contributed by atoms with Gasteiger partial charge in [0.05, 0.1) is 11.9 Å². The van der Waals surface area contributed by atoms with E-state index in [1.54, 1.807) is 0 Å². The highest BCUT2D eigenvalue weighted by atomic mass is 32.2. The van der Waals surface area contributed by atoms with E-state index in [0.29, 0.717) is 9.47 Å². The first-order valence-corrected chi connectivity index (χ1v) is 10.9. The quantitative estimate of drug-likeness (QED) is 0.563. The molecular formula is C14H17FN4O3S3. The van der Waals surface area contributed by atoms with Gasteiger partial charge in [0.1, 0.15) is 11.9 Å². The summed E-state index contributed by atoms with van der Waals surface area (Å²) in [5, 5.41) is 10.6. The van der Waals surface area contributed by atoms with E-state index in [1.807, 2.05) is 6.92 Å². The normalized spacial score (nSPS) is 12.6. The van der Waals surface area contributed by atoms with Crippen molar-refractivity contribution < 1.29 is 17.6 Å². The number of aromatic nitrogens is 2. The van der Waals surface area contributed by atoms with Crippen molar-refractivity contribution in [2.45, 2.75) is 24.2 Å². The fraction of sp³-hybridized carbons (Fsp3) is 0.357. The summed E-state index contributed by atoms with van der Waals surface area (Å²) < 4.78 is 39.0. The smallest absolute Gasteiger partial charge is 0.249 e. The number of amides is 1. The lowest BCUT2D eigenvalue weighted by atomic mass is 10.2. The molecule has 0 aliphatic rings. The molecule has 2 aromatic rings. The van der Waals surface area contributed by atoms with Crippen molar-refractivity contribution in [2.75, 3.05) is 21.6 Å². The molecule has 0 spiro atoms. The number of nitrogens with one attached hydrogen (secondary N) is 1. The lowest BCUT2D eigenvalue weighted by Crippen LogP contribution is -2.45. The van der Waals surface area contributed by atoms with Crippen LogP contribution in [0, 0.1) is 5.82 Å². The molecule has 0 aliphatic carbocycles. The van der Waals surface area contributed by atoms with Crippen molar-refractivity contribution in [1.29, 1.82) is 0 Å². The molecule has 25 heavy (non-hydrogen) atoms. The van der Waals surface area contributed by atoms with Crippen molar-refractivity contribution in [3.63, 3.8) is 0 Å². The van der Waals surface area contributed by atoms with Crippen LogP contribution in [0.3, 0.4) is 0 Å². The summed E-state index contributed by atoms with van der Waals surface area (Å²) in [4.78, 5) is 12.4. The van der Waals surface area contributed by atoms with Crippen LogP contribution in [0.25, 0.3) is 0 Å². The Balaban J connectivity index is 2.21. The monoisotopic (exact) mass is 404 g/mol. The minimum absolute atomic E-state index is 0.200. The van der Waals surface area contributed by atoms with Crippen molar-refractivity contribution in [2.24, 2.45) is 0 Å². The number of rotatable bonds is 7. The van der Waals surface area contributed by atoms with Gasteiger partial charge in [-0.25, -0.2) is 12.8 Å². The first-order chi connectivity index (χ1) is 11.7. The summed E-state index contributed by atoms with van der Waals surface area (Å²) in [6, 6.07) is 3.84. The molecule has 0 saturated heterocycles. The third-order valence-corrected chi connectivity index (χ3v) is 6.17. The van der Waals surface area contributed by atoms with Crippen LogP contribution in [0.2, 0.25) is 0 Å². The van der Waals surface area contributed by atoms with E-state index in [4.69, 9.17) is 0 Å². The molecule has 1 aromatic heterocycles. The molecule has 2 rings (SSSR count). The van der Waals surface area contributed by atoms with Gasteiger partial charge in [-0.2, -0.15) is 0 Å². The molecular weight excluding hydrogens is 387 g/mol. The molecule has 0 radical (unpaired) electrons. The van der Waals surface area contributed by atoms with Crippen LogP contribution >= 0.6 is 23.1 Å². The molecule has 136 valence electrons. The van der Waals surface area contributed by atoms with Crippen LogP contribution in [0.5, 0.6) is 0 Å². The predicted octanol–water partition coefficient (Wildman–Crippen LogP) is 2.58. The van der Waals surface area contributed by atoms with E-state index >= 15 is 0 Å². The highest BCUT2D eigenvalue weighted by molar-refractivity contribution is 8.01. The highest BCUT2D eigenvalue weighted by Gasteiger charge is 2.29. The number of nitrogens with zero attached hydrogens (tertiary/aromatic N) is 3. The number of thioether (sulfide) groups is 1. The van der Waals surface area contributed by atoms with Crippen molar-refractivity contribution >= 4 is 49.8 Å². The number of benzene rings is 1. The lowest BCUT2D eigenvalue weighted by Gasteiger charge is -2.27. The van der Waals surface area contributed by atoms with Crippen LogP contribution in [-0.2, 0) is 14.8 Å². The second kappa shape index (κ2) is 8.11. The van der Waals surface area contributed by atoms with Gasteiger partial charge in [-0.1, -0.05) is 30.0 Å². The molecule has 1 amide bonds. The molecule has 0 saturated carbocycles. The fourth-order valence-corrected chi connectivity index (χ4v) is 4.88. The number of hydrogen-bond donors (Lipinski definition) is 1. The first kappa shape index (κ1) is 19.6. The zero-order valence-electron chi connectivity index (χ0n) is 13.8. The van der Waals surface area contributed by atoms with Crippen LogP contribution in [-0.4, -0.2) is 42.6 Å². The van der Waals surface area contributed by atoms with Gasteiger partial charge in [0.2, 0.25) is 21.1 Å². The average Bonchev–Trinajstić information content (AvgIpc) is 2.95. The Bertz CT molecular complexity index is 839. The number of hydrogen-bond acceptors (Lipinski definition) is 7. The Kier molecular flexibility index (Phi) is 6.36. The van der Waals surface area contributed by atoms with Gasteiger partial charge in [-0.15, -0.1) is 10.2 Å². The molecule has 1 heterocycles. The first-order valence-electron chi connectivity index (χ1n) is 7.24. The Labute approximate surface area is 153 Å². The zero-order chi connectivity index (χ0) is 18.6. The van der Waals surface area contributed by atoms with Gasteiger partial charge in [0, 0.05) is 0 Å². The van der Waals surface area contributed by atoms with E-state index < -0.39 is 27.8 Å². The molecule has 0 fully saturated rings. The van der Waals surface area contributed by atoms with Crippen LogP contribution in [0.15, 0.2) is 28.6 Å². The number of anilines is 2. The topological polar surface area (TPSA) is 92.3 Å². The number of sulfonamides is 1. The van der Waals surface area contributed by atoms with Crippen molar-refractivity contribution in [1.82, 2.24) is 10.2 Å². The SMILES string of the molecule is CCSc1nnc(NC(=O)C(C)N(c2ccc(F)cc2)S(C)(=O)=O)s1. The van der Waals surface area contributed by atoms with Gasteiger partial charge < -0.3 is 0 Å². The number of halogens is 1. The van der Waals surface area contributed by atoms with E-state index in [0.717, 1.165) is 28.4 Å². The molecule has 1 atom stereocenters. The molecule has 1 unspecified atom stereocenters. The molecule has 1 aromatic carbocycles. The number of carbonyl (C=O) groups excluding carboxylic acids is 1. The molecule has 0 bridgehead atoms. The van der Waals surface area contributed by atoms with Crippen molar-refractivity contribution in [3.8, 4) is 0 Å².